The van der Waals surface area contributed by atoms with Crippen LogP contribution in [-0.4, -0.2) is 54.3 Å². The third kappa shape index (κ3) is 5.16. The van der Waals surface area contributed by atoms with Crippen molar-refractivity contribution in [2.45, 2.75) is 27.7 Å². The Bertz CT molecular complexity index is 383. The van der Waals surface area contributed by atoms with Gasteiger partial charge in [-0.3, -0.25) is 0 Å². The second-order valence-electron chi connectivity index (χ2n) is 4.11. The lowest BCUT2D eigenvalue weighted by Gasteiger charge is -2.19. The number of anilines is 3. The van der Waals surface area contributed by atoms with E-state index in [1.165, 1.54) is 0 Å². The molecular formula is C13H26N6O. The number of ether oxygens (including phenoxy) is 1. The minimum Gasteiger partial charge on any atom is -0.380 e. The molecule has 0 saturated carbocycles. The van der Waals surface area contributed by atoms with Crippen molar-refractivity contribution in [1.29, 1.82) is 0 Å². The van der Waals surface area contributed by atoms with Crippen LogP contribution >= 0.6 is 0 Å². The first-order valence-electron chi connectivity index (χ1n) is 7.31. The summed E-state index contributed by atoms with van der Waals surface area (Å²) in [7, 11) is 0. The molecule has 20 heavy (non-hydrogen) atoms. The third-order valence-electron chi connectivity index (χ3n) is 2.74. The summed E-state index contributed by atoms with van der Waals surface area (Å²) in [6, 6.07) is 0. The van der Waals surface area contributed by atoms with E-state index in [4.69, 9.17) is 4.74 Å². The van der Waals surface area contributed by atoms with Gasteiger partial charge in [0.15, 0.2) is 0 Å². The summed E-state index contributed by atoms with van der Waals surface area (Å²) in [4.78, 5) is 15.3. The molecule has 7 nitrogen and oxygen atoms in total. The number of nitrogens with one attached hydrogen (secondary N) is 2. The van der Waals surface area contributed by atoms with Crippen LogP contribution in [-0.2, 0) is 4.74 Å². The SMILES string of the molecule is CCNc1nc(NCCOCC)nc(N(CC)CC)n1. The minimum absolute atomic E-state index is 0.581. The normalized spacial score (nSPS) is 10.4. The molecule has 0 aliphatic carbocycles. The van der Waals surface area contributed by atoms with Crippen molar-refractivity contribution in [3.63, 3.8) is 0 Å². The van der Waals surface area contributed by atoms with E-state index in [9.17, 15) is 0 Å². The van der Waals surface area contributed by atoms with Crippen molar-refractivity contribution in [3.8, 4) is 0 Å². The van der Waals surface area contributed by atoms with Gasteiger partial charge in [0.05, 0.1) is 6.61 Å². The molecule has 0 radical (unpaired) electrons. The van der Waals surface area contributed by atoms with Crippen molar-refractivity contribution in [2.75, 3.05) is 54.9 Å². The Balaban J connectivity index is 2.80. The highest BCUT2D eigenvalue weighted by atomic mass is 16.5. The first-order chi connectivity index (χ1) is 9.74. The van der Waals surface area contributed by atoms with Gasteiger partial charge in [-0.25, -0.2) is 0 Å². The molecule has 2 N–H and O–H groups in total. The second kappa shape index (κ2) is 9.30. The summed E-state index contributed by atoms with van der Waals surface area (Å²) in [5, 5.41) is 6.30. The fraction of sp³-hybridized carbons (Fsp3) is 0.769. The Morgan fingerprint density at radius 3 is 2.15 bits per heavy atom. The first-order valence-corrected chi connectivity index (χ1v) is 7.31. The summed E-state index contributed by atoms with van der Waals surface area (Å²) >= 11 is 0. The standard InChI is InChI=1S/C13H26N6O/c1-5-14-11-16-12(15-9-10-20-8-4)18-13(17-11)19(6-2)7-3/h5-10H2,1-4H3,(H2,14,15,16,17,18). The molecule has 1 aromatic heterocycles. The van der Waals surface area contributed by atoms with Crippen LogP contribution in [0.2, 0.25) is 0 Å². The summed E-state index contributed by atoms with van der Waals surface area (Å²) < 4.78 is 5.29. The molecule has 0 atom stereocenters. The lowest BCUT2D eigenvalue weighted by atomic mass is 10.5. The van der Waals surface area contributed by atoms with Gasteiger partial charge in [0.25, 0.3) is 0 Å². The van der Waals surface area contributed by atoms with Crippen LogP contribution in [0.1, 0.15) is 27.7 Å². The summed E-state index contributed by atoms with van der Waals surface area (Å²) in [5.41, 5.74) is 0. The Hall–Kier alpha value is -1.63. The van der Waals surface area contributed by atoms with Crippen LogP contribution < -0.4 is 15.5 Å². The van der Waals surface area contributed by atoms with E-state index < -0.39 is 0 Å². The molecule has 1 heterocycles. The molecule has 0 aliphatic heterocycles. The summed E-state index contributed by atoms with van der Waals surface area (Å²) in [6.45, 7) is 12.7. The van der Waals surface area contributed by atoms with Gasteiger partial charge in [-0.05, 0) is 27.7 Å². The predicted octanol–water partition coefficient (Wildman–Crippen LogP) is 1.60. The molecule has 0 spiro atoms. The lowest BCUT2D eigenvalue weighted by Crippen LogP contribution is -2.25. The van der Waals surface area contributed by atoms with Crippen molar-refractivity contribution < 1.29 is 4.74 Å². The zero-order valence-electron chi connectivity index (χ0n) is 12.9. The van der Waals surface area contributed by atoms with Crippen LogP contribution in [0.3, 0.4) is 0 Å². The molecule has 1 aromatic rings. The van der Waals surface area contributed by atoms with Gasteiger partial charge >= 0.3 is 0 Å². The zero-order valence-corrected chi connectivity index (χ0v) is 12.9. The molecule has 114 valence electrons. The monoisotopic (exact) mass is 282 g/mol. The highest BCUT2D eigenvalue weighted by Gasteiger charge is 2.10. The number of hydrogen-bond acceptors (Lipinski definition) is 7. The van der Waals surface area contributed by atoms with E-state index in [0.29, 0.717) is 37.6 Å². The molecule has 0 fully saturated rings. The Kier molecular flexibility index (Phi) is 7.64. The average Bonchev–Trinajstić information content (AvgIpc) is 2.45. The Labute approximate surface area is 121 Å². The van der Waals surface area contributed by atoms with E-state index in [-0.39, 0.29) is 0 Å². The molecule has 0 bridgehead atoms. The molecule has 0 aliphatic rings. The van der Waals surface area contributed by atoms with Gasteiger partial charge in [0, 0.05) is 32.8 Å². The maximum absolute atomic E-state index is 5.29. The highest BCUT2D eigenvalue weighted by Crippen LogP contribution is 2.13. The predicted molar refractivity (Wildman–Crippen MR) is 82.5 cm³/mol. The van der Waals surface area contributed by atoms with E-state index >= 15 is 0 Å². The molecule has 0 saturated heterocycles. The van der Waals surface area contributed by atoms with Crippen molar-refractivity contribution in [2.24, 2.45) is 0 Å². The number of aromatic nitrogens is 3. The van der Waals surface area contributed by atoms with Gasteiger partial charge in [-0.2, -0.15) is 15.0 Å². The van der Waals surface area contributed by atoms with Crippen LogP contribution in [0.5, 0.6) is 0 Å². The maximum atomic E-state index is 5.29. The topological polar surface area (TPSA) is 75.2 Å². The van der Waals surface area contributed by atoms with Crippen molar-refractivity contribution >= 4 is 17.8 Å². The quantitative estimate of drug-likeness (QED) is 0.631. The molecule has 0 aromatic carbocycles. The molecular weight excluding hydrogens is 256 g/mol. The zero-order chi connectivity index (χ0) is 14.8. The summed E-state index contributed by atoms with van der Waals surface area (Å²) in [5.74, 6) is 1.88. The fourth-order valence-corrected chi connectivity index (χ4v) is 1.71. The van der Waals surface area contributed by atoms with Crippen LogP contribution in [0, 0.1) is 0 Å². The lowest BCUT2D eigenvalue weighted by molar-refractivity contribution is 0.158. The van der Waals surface area contributed by atoms with Crippen LogP contribution in [0.4, 0.5) is 17.8 Å². The number of hydrogen-bond donors (Lipinski definition) is 2. The molecule has 0 amide bonds. The average molecular weight is 282 g/mol. The molecule has 0 unspecified atom stereocenters. The van der Waals surface area contributed by atoms with Gasteiger partial charge in [-0.15, -0.1) is 0 Å². The number of nitrogens with zero attached hydrogens (tertiary/aromatic N) is 4. The summed E-state index contributed by atoms with van der Waals surface area (Å²) in [6.07, 6.45) is 0. The van der Waals surface area contributed by atoms with E-state index in [2.05, 4.69) is 44.3 Å². The van der Waals surface area contributed by atoms with Gasteiger partial charge < -0.3 is 20.3 Å². The highest BCUT2D eigenvalue weighted by molar-refractivity contribution is 5.43. The third-order valence-corrected chi connectivity index (χ3v) is 2.74. The van der Waals surface area contributed by atoms with E-state index in [1.54, 1.807) is 0 Å². The van der Waals surface area contributed by atoms with Crippen LogP contribution in [0.15, 0.2) is 0 Å². The fourth-order valence-electron chi connectivity index (χ4n) is 1.71. The molecule has 7 heteroatoms. The van der Waals surface area contributed by atoms with Crippen molar-refractivity contribution in [3.05, 3.63) is 0 Å². The Morgan fingerprint density at radius 2 is 1.60 bits per heavy atom. The smallest absolute Gasteiger partial charge is 0.231 e. The van der Waals surface area contributed by atoms with Crippen LogP contribution in [0.25, 0.3) is 0 Å². The van der Waals surface area contributed by atoms with Gasteiger partial charge in [-0.1, -0.05) is 0 Å². The van der Waals surface area contributed by atoms with E-state index in [1.807, 2.05) is 13.8 Å². The number of rotatable bonds is 10. The van der Waals surface area contributed by atoms with Gasteiger partial charge in [0.1, 0.15) is 0 Å². The second-order valence-corrected chi connectivity index (χ2v) is 4.11. The largest absolute Gasteiger partial charge is 0.380 e. The van der Waals surface area contributed by atoms with Crippen molar-refractivity contribution in [1.82, 2.24) is 15.0 Å². The molecule has 1 rings (SSSR count). The maximum Gasteiger partial charge on any atom is 0.231 e. The minimum atomic E-state index is 0.581. The first kappa shape index (κ1) is 16.4. The van der Waals surface area contributed by atoms with Gasteiger partial charge in [0.2, 0.25) is 17.8 Å². The van der Waals surface area contributed by atoms with E-state index in [0.717, 1.165) is 19.6 Å². The Morgan fingerprint density at radius 1 is 0.950 bits per heavy atom.